The molecule has 1 aromatic heterocycles. The Morgan fingerprint density at radius 3 is 2.16 bits per heavy atom. The maximum atomic E-state index is 14.6. The van der Waals surface area contributed by atoms with Crippen molar-refractivity contribution in [1.29, 1.82) is 0 Å². The van der Waals surface area contributed by atoms with E-state index in [1.165, 1.54) is 26.0 Å². The SMILES string of the molecule is CC(=O)Nc1cc(NCCCCCCCCCCNCCCONC(=O)c2ccc(F)c(F)c2Nc2ccc(I)cc2F)ccc1C(=O)Nc1nc(C)c([N+](=O)[O-])s1. The highest BCUT2D eigenvalue weighted by atomic mass is 127. The molecule has 58 heavy (non-hydrogen) atoms. The number of carbonyl (C=O) groups is 3. The molecule has 3 aromatic carbocycles. The number of nitrogens with one attached hydrogen (secondary N) is 6. The number of unbranched alkanes of at least 4 members (excludes halogenated alkanes) is 7. The first kappa shape index (κ1) is 45.8. The Balaban J connectivity index is 1.02. The summed E-state index contributed by atoms with van der Waals surface area (Å²) < 4.78 is 43.5. The molecule has 0 spiro atoms. The minimum absolute atomic E-state index is 0.0971. The zero-order chi connectivity index (χ0) is 42.0. The molecule has 0 aliphatic heterocycles. The summed E-state index contributed by atoms with van der Waals surface area (Å²) in [4.78, 5) is 57.3. The first-order valence-electron chi connectivity index (χ1n) is 18.8. The summed E-state index contributed by atoms with van der Waals surface area (Å²) in [6.07, 6.45) is 9.28. The number of anilines is 5. The van der Waals surface area contributed by atoms with Gasteiger partial charge in [0.05, 0.1) is 39.7 Å². The van der Waals surface area contributed by atoms with Crippen molar-refractivity contribution in [2.45, 2.75) is 71.6 Å². The number of thiazole rings is 1. The molecule has 0 aliphatic carbocycles. The van der Waals surface area contributed by atoms with Crippen LogP contribution in [0.2, 0.25) is 0 Å². The molecule has 19 heteroatoms. The van der Waals surface area contributed by atoms with E-state index in [0.29, 0.717) is 22.2 Å². The van der Waals surface area contributed by atoms with Gasteiger partial charge in [-0.15, -0.1) is 0 Å². The second-order valence-corrected chi connectivity index (χ2v) is 15.5. The van der Waals surface area contributed by atoms with Crippen molar-refractivity contribution in [2.24, 2.45) is 0 Å². The van der Waals surface area contributed by atoms with Gasteiger partial charge in [-0.05, 0) is 122 Å². The van der Waals surface area contributed by atoms with Crippen LogP contribution in [0.4, 0.5) is 46.1 Å². The highest BCUT2D eigenvalue weighted by Crippen LogP contribution is 2.31. The summed E-state index contributed by atoms with van der Waals surface area (Å²) >= 11 is 2.69. The lowest BCUT2D eigenvalue weighted by atomic mass is 10.1. The van der Waals surface area contributed by atoms with Crippen LogP contribution < -0.4 is 32.1 Å². The predicted molar refractivity (Wildman–Crippen MR) is 227 cm³/mol. The quantitative estimate of drug-likeness (QED) is 0.0171. The third kappa shape index (κ3) is 14.5. The van der Waals surface area contributed by atoms with E-state index in [2.05, 4.69) is 37.0 Å². The van der Waals surface area contributed by atoms with Crippen LogP contribution in [0.15, 0.2) is 48.5 Å². The van der Waals surface area contributed by atoms with E-state index >= 15 is 0 Å². The van der Waals surface area contributed by atoms with Gasteiger partial charge in [-0.1, -0.05) is 38.5 Å². The standard InChI is InChI=1S/C39H46F3IN8O6S/c1-24-38(51(55)56)58-39(46-24)49-36(53)28-14-13-27(23-33(28)47-25(2)52)45-20-10-8-6-4-3-5-7-9-18-44-19-11-21-57-50-37(54)29-15-16-30(40)34(42)35(29)48-32-17-12-26(43)22-31(32)41/h12-17,22-23,44-45,48H,3-11,18-21H2,1-2H3,(H,47,52)(H,50,54)(H,46,49,53). The van der Waals surface area contributed by atoms with E-state index in [4.69, 9.17) is 4.84 Å². The molecular formula is C39H46F3IN8O6S. The summed E-state index contributed by atoms with van der Waals surface area (Å²) in [5.41, 5.74) is 2.87. The Hall–Kier alpha value is -4.86. The maximum Gasteiger partial charge on any atom is 0.348 e. The molecule has 4 rings (SSSR count). The fourth-order valence-corrected chi connectivity index (χ4v) is 6.97. The van der Waals surface area contributed by atoms with Gasteiger partial charge in [-0.2, -0.15) is 0 Å². The molecule has 6 N–H and O–H groups in total. The Kier molecular flexibility index (Phi) is 18.6. The van der Waals surface area contributed by atoms with Crippen LogP contribution in [-0.4, -0.2) is 53.9 Å². The Morgan fingerprint density at radius 1 is 0.810 bits per heavy atom. The topological polar surface area (TPSA) is 189 Å². The van der Waals surface area contributed by atoms with Crippen LogP contribution in [0, 0.1) is 38.1 Å². The van der Waals surface area contributed by atoms with Gasteiger partial charge in [-0.25, -0.2) is 23.6 Å². The van der Waals surface area contributed by atoms with E-state index in [1.807, 2.05) is 22.6 Å². The minimum atomic E-state index is -1.31. The Bertz CT molecular complexity index is 2060. The summed E-state index contributed by atoms with van der Waals surface area (Å²) in [5.74, 6) is -4.86. The average Bonchev–Trinajstić information content (AvgIpc) is 3.55. The van der Waals surface area contributed by atoms with E-state index < -0.39 is 39.9 Å². The summed E-state index contributed by atoms with van der Waals surface area (Å²) in [6.45, 7) is 5.27. The molecule has 14 nitrogen and oxygen atoms in total. The smallest absolute Gasteiger partial charge is 0.348 e. The molecule has 0 saturated heterocycles. The first-order valence-corrected chi connectivity index (χ1v) is 20.6. The van der Waals surface area contributed by atoms with Crippen molar-refractivity contribution in [2.75, 3.05) is 47.5 Å². The molecule has 312 valence electrons. The molecule has 0 saturated carbocycles. The fourth-order valence-electron chi connectivity index (χ4n) is 5.74. The van der Waals surface area contributed by atoms with Crippen LogP contribution >= 0.6 is 33.9 Å². The lowest BCUT2D eigenvalue weighted by Gasteiger charge is -2.14. The third-order valence-electron chi connectivity index (χ3n) is 8.64. The second-order valence-electron chi connectivity index (χ2n) is 13.2. The lowest BCUT2D eigenvalue weighted by molar-refractivity contribution is -0.380. The van der Waals surface area contributed by atoms with Gasteiger partial charge in [0.1, 0.15) is 11.5 Å². The number of nitro groups is 1. The van der Waals surface area contributed by atoms with Gasteiger partial charge in [-0.3, -0.25) is 34.7 Å². The van der Waals surface area contributed by atoms with E-state index in [1.54, 1.807) is 24.3 Å². The number of benzene rings is 3. The number of hydroxylamine groups is 1. The second kappa shape index (κ2) is 23.5. The molecule has 0 atom stereocenters. The summed E-state index contributed by atoms with van der Waals surface area (Å²) in [5, 5.41) is 25.5. The monoisotopic (exact) mass is 938 g/mol. The number of rotatable bonds is 24. The number of hydrogen-bond acceptors (Lipinski definition) is 11. The molecule has 0 aliphatic rings. The number of aryl methyl sites for hydroxylation is 1. The lowest BCUT2D eigenvalue weighted by Crippen LogP contribution is -2.27. The third-order valence-corrected chi connectivity index (χ3v) is 10.3. The van der Waals surface area contributed by atoms with Gasteiger partial charge in [0.2, 0.25) is 5.91 Å². The van der Waals surface area contributed by atoms with Crippen molar-refractivity contribution in [1.82, 2.24) is 15.8 Å². The zero-order valence-corrected chi connectivity index (χ0v) is 35.0. The highest BCUT2D eigenvalue weighted by molar-refractivity contribution is 14.1. The van der Waals surface area contributed by atoms with Gasteiger partial charge in [0.15, 0.2) is 16.8 Å². The molecule has 0 fully saturated rings. The predicted octanol–water partition coefficient (Wildman–Crippen LogP) is 9.21. The number of carbonyl (C=O) groups excluding carboxylic acids is 3. The van der Waals surface area contributed by atoms with Crippen LogP contribution in [0.5, 0.6) is 0 Å². The van der Waals surface area contributed by atoms with Crippen molar-refractivity contribution >= 4 is 84.5 Å². The van der Waals surface area contributed by atoms with Gasteiger partial charge < -0.3 is 21.3 Å². The zero-order valence-electron chi connectivity index (χ0n) is 32.1. The number of nitrogens with zero attached hydrogens (tertiary/aromatic N) is 2. The maximum absolute atomic E-state index is 14.6. The minimum Gasteiger partial charge on any atom is -0.385 e. The Labute approximate surface area is 351 Å². The largest absolute Gasteiger partial charge is 0.385 e. The number of aromatic nitrogens is 1. The van der Waals surface area contributed by atoms with Crippen LogP contribution in [0.1, 0.15) is 91.1 Å². The summed E-state index contributed by atoms with van der Waals surface area (Å²) in [6, 6.07) is 11.1. The molecular weight excluding hydrogens is 892 g/mol. The van der Waals surface area contributed by atoms with E-state index in [9.17, 15) is 37.7 Å². The van der Waals surface area contributed by atoms with Crippen LogP contribution in [-0.2, 0) is 9.63 Å². The molecule has 0 unspecified atom stereocenters. The normalized spacial score (nSPS) is 10.9. The average molecular weight is 939 g/mol. The molecule has 1 heterocycles. The molecule has 4 aromatic rings. The molecule has 0 bridgehead atoms. The van der Waals surface area contributed by atoms with Crippen molar-refractivity contribution in [3.05, 3.63) is 96.5 Å². The van der Waals surface area contributed by atoms with Crippen LogP contribution in [0.25, 0.3) is 0 Å². The van der Waals surface area contributed by atoms with Crippen LogP contribution in [0.3, 0.4) is 0 Å². The molecule has 0 radical (unpaired) electrons. The fraction of sp³-hybridized carbons (Fsp3) is 0.385. The van der Waals surface area contributed by atoms with Gasteiger partial charge in [0.25, 0.3) is 11.8 Å². The van der Waals surface area contributed by atoms with Crippen molar-refractivity contribution in [3.63, 3.8) is 0 Å². The first-order chi connectivity index (χ1) is 27.8. The number of amides is 3. The number of hydrogen-bond donors (Lipinski definition) is 6. The number of halogens is 4. The van der Waals surface area contributed by atoms with Crippen molar-refractivity contribution < 1.29 is 37.3 Å². The van der Waals surface area contributed by atoms with Crippen molar-refractivity contribution in [3.8, 4) is 0 Å². The Morgan fingerprint density at radius 2 is 1.48 bits per heavy atom. The highest BCUT2D eigenvalue weighted by Gasteiger charge is 2.22. The van der Waals surface area contributed by atoms with Gasteiger partial charge >= 0.3 is 5.00 Å². The van der Waals surface area contributed by atoms with E-state index in [-0.39, 0.29) is 45.2 Å². The summed E-state index contributed by atoms with van der Waals surface area (Å²) in [7, 11) is 0. The van der Waals surface area contributed by atoms with E-state index in [0.717, 1.165) is 93.6 Å². The van der Waals surface area contributed by atoms with Gasteiger partial charge in [0, 0.05) is 22.7 Å². The molecule has 3 amide bonds.